The van der Waals surface area contributed by atoms with Gasteiger partial charge in [-0.25, -0.2) is 0 Å². The van der Waals surface area contributed by atoms with Crippen LogP contribution >= 0.6 is 15.9 Å². The largest absolute Gasteiger partial charge is 0.300 e. The van der Waals surface area contributed by atoms with E-state index >= 15 is 0 Å². The molecule has 0 amide bonds. The van der Waals surface area contributed by atoms with Crippen LogP contribution in [0.1, 0.15) is 65.2 Å². The summed E-state index contributed by atoms with van der Waals surface area (Å²) in [5.74, 6) is 1.02. The summed E-state index contributed by atoms with van der Waals surface area (Å²) in [5.41, 5.74) is 0.515. The molecular weight excluding hydrogens is 286 g/mol. The lowest BCUT2D eigenvalue weighted by molar-refractivity contribution is 0.117. The molecule has 18 heavy (non-hydrogen) atoms. The fourth-order valence-corrected chi connectivity index (χ4v) is 5.03. The molecule has 0 N–H and O–H groups in total. The number of rotatable bonds is 6. The molecule has 1 aliphatic carbocycles. The summed E-state index contributed by atoms with van der Waals surface area (Å²) < 4.78 is 0. The number of hydrogen-bond acceptors (Lipinski definition) is 1. The van der Waals surface area contributed by atoms with Crippen LogP contribution in [-0.4, -0.2) is 29.4 Å². The van der Waals surface area contributed by atoms with Gasteiger partial charge in [0.15, 0.2) is 0 Å². The molecule has 2 heteroatoms. The van der Waals surface area contributed by atoms with Crippen LogP contribution in [0.4, 0.5) is 0 Å². The maximum Gasteiger partial charge on any atom is 0.0124 e. The number of likely N-dealkylation sites (tertiary alicyclic amines) is 1. The smallest absolute Gasteiger partial charge is 0.0124 e. The molecule has 2 rings (SSSR count). The van der Waals surface area contributed by atoms with E-state index in [1.54, 1.807) is 0 Å². The average Bonchev–Trinajstić information content (AvgIpc) is 3.06. The zero-order valence-electron chi connectivity index (χ0n) is 12.3. The van der Waals surface area contributed by atoms with Gasteiger partial charge < -0.3 is 0 Å². The normalized spacial score (nSPS) is 27.2. The second kappa shape index (κ2) is 6.74. The third kappa shape index (κ3) is 3.12. The first kappa shape index (κ1) is 14.8. The van der Waals surface area contributed by atoms with Crippen LogP contribution in [0.2, 0.25) is 0 Å². The minimum Gasteiger partial charge on any atom is -0.300 e. The van der Waals surface area contributed by atoms with Crippen LogP contribution < -0.4 is 0 Å². The molecule has 2 aliphatic rings. The Labute approximate surface area is 122 Å². The molecule has 0 radical (unpaired) electrons. The fourth-order valence-electron chi connectivity index (χ4n) is 4.06. The summed E-state index contributed by atoms with van der Waals surface area (Å²) in [6, 6.07) is 0.920. The van der Waals surface area contributed by atoms with Gasteiger partial charge in [0.2, 0.25) is 0 Å². The van der Waals surface area contributed by atoms with Crippen molar-refractivity contribution in [3.05, 3.63) is 0 Å². The minimum absolute atomic E-state index is 0.515. The van der Waals surface area contributed by atoms with Crippen molar-refractivity contribution in [3.63, 3.8) is 0 Å². The van der Waals surface area contributed by atoms with Gasteiger partial charge in [0.05, 0.1) is 0 Å². The van der Waals surface area contributed by atoms with Crippen LogP contribution in [0.25, 0.3) is 0 Å². The first-order chi connectivity index (χ1) is 8.74. The van der Waals surface area contributed by atoms with E-state index in [0.29, 0.717) is 5.41 Å². The monoisotopic (exact) mass is 315 g/mol. The zero-order chi connectivity index (χ0) is 13.0. The van der Waals surface area contributed by atoms with E-state index in [9.17, 15) is 0 Å². The van der Waals surface area contributed by atoms with Gasteiger partial charge in [-0.1, -0.05) is 42.6 Å². The molecule has 0 aromatic carbocycles. The molecule has 0 spiro atoms. The quantitative estimate of drug-likeness (QED) is 0.634. The van der Waals surface area contributed by atoms with Gasteiger partial charge >= 0.3 is 0 Å². The fraction of sp³-hybridized carbons (Fsp3) is 1.00. The molecular formula is C16H30BrN. The van der Waals surface area contributed by atoms with Gasteiger partial charge in [-0.15, -0.1) is 0 Å². The van der Waals surface area contributed by atoms with Gasteiger partial charge in [0, 0.05) is 17.9 Å². The molecule has 0 aromatic rings. The van der Waals surface area contributed by atoms with Crippen molar-refractivity contribution >= 4 is 15.9 Å². The molecule has 0 bridgehead atoms. The van der Waals surface area contributed by atoms with E-state index in [1.165, 1.54) is 69.8 Å². The van der Waals surface area contributed by atoms with Crippen molar-refractivity contribution in [2.45, 2.75) is 71.3 Å². The third-order valence-corrected chi connectivity index (χ3v) is 6.87. The molecule has 1 heterocycles. The SMILES string of the molecule is CCC(CC)(CBr)CN1CCCC1C1CCCC1. The van der Waals surface area contributed by atoms with Gasteiger partial charge in [-0.3, -0.25) is 4.90 Å². The first-order valence-electron chi connectivity index (χ1n) is 8.04. The maximum absolute atomic E-state index is 3.78. The Balaban J connectivity index is 1.98. The van der Waals surface area contributed by atoms with Crippen LogP contribution in [0.5, 0.6) is 0 Å². The Hall–Kier alpha value is 0.440. The van der Waals surface area contributed by atoms with Crippen molar-refractivity contribution in [1.82, 2.24) is 4.90 Å². The Morgan fingerprint density at radius 1 is 1.06 bits per heavy atom. The Bertz CT molecular complexity index is 235. The van der Waals surface area contributed by atoms with E-state index in [0.717, 1.165) is 12.0 Å². The third-order valence-electron chi connectivity index (χ3n) is 5.68. The highest BCUT2D eigenvalue weighted by atomic mass is 79.9. The lowest BCUT2D eigenvalue weighted by atomic mass is 9.83. The molecule has 1 aliphatic heterocycles. The van der Waals surface area contributed by atoms with Crippen LogP contribution in [0.15, 0.2) is 0 Å². The van der Waals surface area contributed by atoms with E-state index in [-0.39, 0.29) is 0 Å². The standard InChI is InChI=1S/C16H30BrN/c1-3-16(4-2,12-17)13-18-11-7-10-15(18)14-8-5-6-9-14/h14-15H,3-13H2,1-2H3. The summed E-state index contributed by atoms with van der Waals surface area (Å²) >= 11 is 3.78. The predicted molar refractivity (Wildman–Crippen MR) is 83.4 cm³/mol. The maximum atomic E-state index is 3.78. The molecule has 0 aromatic heterocycles. The topological polar surface area (TPSA) is 3.24 Å². The highest BCUT2D eigenvalue weighted by Gasteiger charge is 2.37. The summed E-state index contributed by atoms with van der Waals surface area (Å²) in [6.45, 7) is 7.42. The van der Waals surface area contributed by atoms with Gasteiger partial charge in [0.25, 0.3) is 0 Å². The van der Waals surface area contributed by atoms with Crippen LogP contribution in [0.3, 0.4) is 0 Å². The molecule has 2 fully saturated rings. The molecule has 1 saturated heterocycles. The van der Waals surface area contributed by atoms with E-state index < -0.39 is 0 Å². The number of nitrogens with zero attached hydrogens (tertiary/aromatic N) is 1. The number of alkyl halides is 1. The van der Waals surface area contributed by atoms with E-state index in [1.807, 2.05) is 0 Å². The Morgan fingerprint density at radius 3 is 2.28 bits per heavy atom. The second-order valence-corrected chi connectivity index (χ2v) is 7.13. The predicted octanol–water partition coefficient (Wildman–Crippen LogP) is 4.84. The van der Waals surface area contributed by atoms with Crippen molar-refractivity contribution in [2.24, 2.45) is 11.3 Å². The lowest BCUT2D eigenvalue weighted by Gasteiger charge is -2.38. The van der Waals surface area contributed by atoms with E-state index in [2.05, 4.69) is 34.7 Å². The van der Waals surface area contributed by atoms with Crippen molar-refractivity contribution in [3.8, 4) is 0 Å². The summed E-state index contributed by atoms with van der Waals surface area (Å²) in [5, 5.41) is 1.17. The van der Waals surface area contributed by atoms with Crippen LogP contribution in [0, 0.1) is 11.3 Å². The highest BCUT2D eigenvalue weighted by Crippen LogP contribution is 2.38. The second-order valence-electron chi connectivity index (χ2n) is 6.57. The molecule has 1 saturated carbocycles. The van der Waals surface area contributed by atoms with Crippen molar-refractivity contribution in [1.29, 1.82) is 0 Å². The van der Waals surface area contributed by atoms with Crippen molar-refractivity contribution < 1.29 is 0 Å². The Morgan fingerprint density at radius 2 is 1.72 bits per heavy atom. The van der Waals surface area contributed by atoms with Crippen molar-refractivity contribution in [2.75, 3.05) is 18.4 Å². The summed E-state index contributed by atoms with van der Waals surface area (Å²) in [6.07, 6.45) is 11.5. The number of halogens is 1. The first-order valence-corrected chi connectivity index (χ1v) is 9.17. The highest BCUT2D eigenvalue weighted by molar-refractivity contribution is 9.09. The lowest BCUT2D eigenvalue weighted by Crippen LogP contribution is -2.43. The zero-order valence-corrected chi connectivity index (χ0v) is 13.8. The van der Waals surface area contributed by atoms with Crippen LogP contribution in [-0.2, 0) is 0 Å². The minimum atomic E-state index is 0.515. The van der Waals surface area contributed by atoms with Gasteiger partial charge in [0.1, 0.15) is 0 Å². The Kier molecular flexibility index (Phi) is 5.56. The molecule has 106 valence electrons. The van der Waals surface area contributed by atoms with Gasteiger partial charge in [-0.05, 0) is 56.4 Å². The average molecular weight is 316 g/mol. The van der Waals surface area contributed by atoms with Gasteiger partial charge in [-0.2, -0.15) is 0 Å². The molecule has 1 nitrogen and oxygen atoms in total. The molecule has 1 unspecified atom stereocenters. The number of hydrogen-bond donors (Lipinski definition) is 0. The molecule has 1 atom stereocenters. The summed E-state index contributed by atoms with van der Waals surface area (Å²) in [7, 11) is 0. The summed E-state index contributed by atoms with van der Waals surface area (Å²) in [4.78, 5) is 2.85. The van der Waals surface area contributed by atoms with E-state index in [4.69, 9.17) is 0 Å².